The van der Waals surface area contributed by atoms with Gasteiger partial charge >= 0.3 is 11.8 Å². The number of nitrogens with one attached hydrogen (secondary N) is 3. The first kappa shape index (κ1) is 16.7. The number of likely N-dealkylation sites (N-methyl/N-ethyl adjacent to an activating group) is 1. The van der Waals surface area contributed by atoms with E-state index in [1.165, 1.54) is 6.92 Å². The fraction of sp³-hybridized carbons (Fsp3) is 0.400. The number of hydrogen-bond acceptors (Lipinski definition) is 3. The molecular weight excluding hydrogens is 270 g/mol. The quantitative estimate of drug-likeness (QED) is 0.720. The second-order valence-electron chi connectivity index (χ2n) is 4.86. The van der Waals surface area contributed by atoms with Gasteiger partial charge in [0, 0.05) is 12.2 Å². The predicted molar refractivity (Wildman–Crippen MR) is 80.8 cm³/mol. The number of hydrogen-bond donors (Lipinski definition) is 3. The van der Waals surface area contributed by atoms with E-state index in [-0.39, 0.29) is 5.91 Å². The maximum absolute atomic E-state index is 12.0. The van der Waals surface area contributed by atoms with Gasteiger partial charge in [-0.3, -0.25) is 14.4 Å². The smallest absolute Gasteiger partial charge is 0.309 e. The molecule has 3 amide bonds. The minimum absolute atomic E-state index is 0.357. The minimum atomic E-state index is -0.819. The van der Waals surface area contributed by atoms with E-state index < -0.39 is 17.9 Å². The van der Waals surface area contributed by atoms with Gasteiger partial charge in [-0.1, -0.05) is 17.7 Å². The van der Waals surface area contributed by atoms with E-state index in [4.69, 9.17) is 0 Å². The predicted octanol–water partition coefficient (Wildman–Crippen LogP) is 0.883. The zero-order chi connectivity index (χ0) is 16.0. The second kappa shape index (κ2) is 7.42. The van der Waals surface area contributed by atoms with Crippen molar-refractivity contribution in [1.29, 1.82) is 0 Å². The number of benzene rings is 1. The van der Waals surface area contributed by atoms with Crippen LogP contribution in [-0.4, -0.2) is 30.3 Å². The van der Waals surface area contributed by atoms with Gasteiger partial charge in [-0.2, -0.15) is 0 Å². The maximum Gasteiger partial charge on any atom is 0.309 e. The maximum atomic E-state index is 12.0. The number of amides is 3. The van der Waals surface area contributed by atoms with Crippen LogP contribution in [0.5, 0.6) is 0 Å². The Morgan fingerprint density at radius 3 is 2.38 bits per heavy atom. The van der Waals surface area contributed by atoms with E-state index in [9.17, 15) is 14.4 Å². The van der Waals surface area contributed by atoms with Gasteiger partial charge in [-0.05, 0) is 39.3 Å². The van der Waals surface area contributed by atoms with E-state index >= 15 is 0 Å². The summed E-state index contributed by atoms with van der Waals surface area (Å²) in [4.78, 5) is 34.8. The zero-order valence-electron chi connectivity index (χ0n) is 12.7. The molecule has 1 atom stereocenters. The first-order valence-corrected chi connectivity index (χ1v) is 6.82. The van der Waals surface area contributed by atoms with Crippen LogP contribution in [0, 0.1) is 13.8 Å². The molecule has 0 saturated carbocycles. The van der Waals surface area contributed by atoms with E-state index in [0.29, 0.717) is 12.2 Å². The Kier molecular flexibility index (Phi) is 5.90. The van der Waals surface area contributed by atoms with Crippen LogP contribution in [0.4, 0.5) is 5.69 Å². The van der Waals surface area contributed by atoms with E-state index in [0.717, 1.165) is 11.1 Å². The third kappa shape index (κ3) is 4.91. The fourth-order valence-corrected chi connectivity index (χ4v) is 1.76. The molecule has 0 radical (unpaired) electrons. The lowest BCUT2D eigenvalue weighted by Gasteiger charge is -2.15. The molecule has 1 aromatic carbocycles. The van der Waals surface area contributed by atoms with E-state index in [1.54, 1.807) is 13.0 Å². The normalized spacial score (nSPS) is 11.4. The molecule has 0 aromatic heterocycles. The highest BCUT2D eigenvalue weighted by molar-refractivity contribution is 6.35. The highest BCUT2D eigenvalue weighted by atomic mass is 16.2. The highest BCUT2D eigenvalue weighted by Gasteiger charge is 2.20. The van der Waals surface area contributed by atoms with Crippen LogP contribution in [0.15, 0.2) is 18.2 Å². The minimum Gasteiger partial charge on any atom is -0.348 e. The van der Waals surface area contributed by atoms with Crippen molar-refractivity contribution in [3.8, 4) is 0 Å². The standard InChI is InChI=1S/C15H21N3O3/c1-5-16-14(20)15(21)17-11(4)13(19)18-12-7-6-9(2)8-10(12)3/h6-8,11H,5H2,1-4H3,(H,16,20)(H,17,21)(H,18,19)/t11-/m0/s1. The summed E-state index contributed by atoms with van der Waals surface area (Å²) in [5, 5.41) is 7.45. The van der Waals surface area contributed by atoms with Crippen LogP contribution in [0.3, 0.4) is 0 Å². The van der Waals surface area contributed by atoms with Crippen molar-refractivity contribution in [1.82, 2.24) is 10.6 Å². The van der Waals surface area contributed by atoms with Gasteiger partial charge in [0.1, 0.15) is 6.04 Å². The highest BCUT2D eigenvalue weighted by Crippen LogP contribution is 2.16. The van der Waals surface area contributed by atoms with Crippen molar-refractivity contribution in [3.05, 3.63) is 29.3 Å². The van der Waals surface area contributed by atoms with Crippen molar-refractivity contribution >= 4 is 23.4 Å². The van der Waals surface area contributed by atoms with Crippen LogP contribution < -0.4 is 16.0 Å². The Morgan fingerprint density at radius 2 is 1.81 bits per heavy atom. The molecule has 6 nitrogen and oxygen atoms in total. The lowest BCUT2D eigenvalue weighted by molar-refractivity contribution is -0.140. The third-order valence-electron chi connectivity index (χ3n) is 2.92. The van der Waals surface area contributed by atoms with E-state index in [1.807, 2.05) is 26.0 Å². The molecule has 0 aliphatic carbocycles. The van der Waals surface area contributed by atoms with Gasteiger partial charge in [0.15, 0.2) is 0 Å². The summed E-state index contributed by atoms with van der Waals surface area (Å²) in [6, 6.07) is 4.84. The third-order valence-corrected chi connectivity index (χ3v) is 2.92. The number of aryl methyl sites for hydroxylation is 2. The molecule has 3 N–H and O–H groups in total. The second-order valence-corrected chi connectivity index (χ2v) is 4.86. The SMILES string of the molecule is CCNC(=O)C(=O)N[C@@H](C)C(=O)Nc1ccc(C)cc1C. The molecule has 0 unspecified atom stereocenters. The average molecular weight is 291 g/mol. The number of carbonyl (C=O) groups is 3. The first-order chi connectivity index (χ1) is 9.85. The van der Waals surface area contributed by atoms with E-state index in [2.05, 4.69) is 16.0 Å². The summed E-state index contributed by atoms with van der Waals surface area (Å²) in [7, 11) is 0. The molecule has 0 bridgehead atoms. The van der Waals surface area contributed by atoms with Crippen LogP contribution in [0.2, 0.25) is 0 Å². The van der Waals surface area contributed by atoms with Gasteiger partial charge in [0.2, 0.25) is 5.91 Å². The van der Waals surface area contributed by atoms with Crippen molar-refractivity contribution in [2.45, 2.75) is 33.7 Å². The van der Waals surface area contributed by atoms with Gasteiger partial charge < -0.3 is 16.0 Å². The molecule has 0 saturated heterocycles. The van der Waals surface area contributed by atoms with Crippen LogP contribution >= 0.6 is 0 Å². The molecule has 114 valence electrons. The Bertz CT molecular complexity index is 555. The Hall–Kier alpha value is -2.37. The first-order valence-electron chi connectivity index (χ1n) is 6.82. The van der Waals surface area contributed by atoms with Gasteiger partial charge in [0.05, 0.1) is 0 Å². The van der Waals surface area contributed by atoms with Crippen molar-refractivity contribution < 1.29 is 14.4 Å². The van der Waals surface area contributed by atoms with Crippen molar-refractivity contribution in [2.24, 2.45) is 0 Å². The largest absolute Gasteiger partial charge is 0.348 e. The summed E-state index contributed by atoms with van der Waals surface area (Å²) in [6.07, 6.45) is 0. The van der Waals surface area contributed by atoms with Gasteiger partial charge in [-0.15, -0.1) is 0 Å². The topological polar surface area (TPSA) is 87.3 Å². The summed E-state index contributed by atoms with van der Waals surface area (Å²) in [5.74, 6) is -1.94. The molecule has 0 aliphatic heterocycles. The van der Waals surface area contributed by atoms with Crippen molar-refractivity contribution in [3.63, 3.8) is 0 Å². The van der Waals surface area contributed by atoms with Crippen LogP contribution in [0.25, 0.3) is 0 Å². The molecule has 0 aliphatic rings. The van der Waals surface area contributed by atoms with Crippen LogP contribution in [-0.2, 0) is 14.4 Å². The molecular formula is C15H21N3O3. The molecule has 0 spiro atoms. The van der Waals surface area contributed by atoms with Crippen LogP contribution in [0.1, 0.15) is 25.0 Å². The lowest BCUT2D eigenvalue weighted by Crippen LogP contribution is -2.47. The monoisotopic (exact) mass is 291 g/mol. The lowest BCUT2D eigenvalue weighted by atomic mass is 10.1. The van der Waals surface area contributed by atoms with Gasteiger partial charge in [-0.25, -0.2) is 0 Å². The molecule has 21 heavy (non-hydrogen) atoms. The Morgan fingerprint density at radius 1 is 1.14 bits per heavy atom. The summed E-state index contributed by atoms with van der Waals surface area (Å²) >= 11 is 0. The summed E-state index contributed by atoms with van der Waals surface area (Å²) in [5.41, 5.74) is 2.72. The summed E-state index contributed by atoms with van der Waals surface area (Å²) in [6.45, 7) is 7.45. The molecule has 1 rings (SSSR count). The number of anilines is 1. The Labute approximate surface area is 124 Å². The van der Waals surface area contributed by atoms with Gasteiger partial charge in [0.25, 0.3) is 0 Å². The fourth-order valence-electron chi connectivity index (χ4n) is 1.76. The number of carbonyl (C=O) groups excluding carboxylic acids is 3. The number of rotatable bonds is 4. The molecule has 0 fully saturated rings. The average Bonchev–Trinajstić information content (AvgIpc) is 2.41. The molecule has 6 heteroatoms. The van der Waals surface area contributed by atoms with Crippen molar-refractivity contribution in [2.75, 3.05) is 11.9 Å². The summed E-state index contributed by atoms with van der Waals surface area (Å²) < 4.78 is 0. The molecule has 1 aromatic rings. The molecule has 0 heterocycles. The Balaban J connectivity index is 2.62. The zero-order valence-corrected chi connectivity index (χ0v) is 12.7.